The number of carbonyl (C=O) groups excluding carboxylic acids is 1. The van der Waals surface area contributed by atoms with Gasteiger partial charge in [0.1, 0.15) is 5.82 Å². The number of aromatic nitrogens is 4. The van der Waals surface area contributed by atoms with Crippen LogP contribution in [0.15, 0.2) is 39.0 Å². The zero-order valence-corrected chi connectivity index (χ0v) is 18.7. The molecule has 3 rings (SSSR count). The van der Waals surface area contributed by atoms with Crippen LogP contribution < -0.4 is 5.32 Å². The Labute approximate surface area is 177 Å². The number of hydrogen-bond acceptors (Lipinski definition) is 7. The van der Waals surface area contributed by atoms with Gasteiger partial charge >= 0.3 is 0 Å². The number of hydrogen-bond donors (Lipinski definition) is 1. The van der Waals surface area contributed by atoms with Gasteiger partial charge in [-0.05, 0) is 24.0 Å². The normalized spacial score (nSPS) is 11.2. The molecule has 0 fully saturated rings. The average molecular weight is 434 g/mol. The molecule has 1 amide bonds. The predicted octanol–water partition coefficient (Wildman–Crippen LogP) is 4.73. The molecule has 28 heavy (non-hydrogen) atoms. The van der Waals surface area contributed by atoms with Gasteiger partial charge in [0.05, 0.1) is 11.4 Å². The molecule has 9 heteroatoms. The van der Waals surface area contributed by atoms with Crippen molar-refractivity contribution in [1.29, 1.82) is 0 Å². The van der Waals surface area contributed by atoms with Crippen molar-refractivity contribution in [2.24, 2.45) is 7.05 Å². The Hall–Kier alpha value is -1.84. The highest BCUT2D eigenvalue weighted by molar-refractivity contribution is 8.03. The molecular formula is C19H23N5OS3. The molecule has 6 nitrogen and oxygen atoms in total. The van der Waals surface area contributed by atoms with Gasteiger partial charge in [0.2, 0.25) is 5.91 Å². The van der Waals surface area contributed by atoms with Gasteiger partial charge in [-0.25, -0.2) is 0 Å². The summed E-state index contributed by atoms with van der Waals surface area (Å²) in [6.45, 7) is 6.29. The first-order chi connectivity index (χ1) is 13.4. The van der Waals surface area contributed by atoms with Gasteiger partial charge in [-0.3, -0.25) is 9.48 Å². The molecule has 0 aliphatic heterocycles. The first-order valence-electron chi connectivity index (χ1n) is 8.89. The molecule has 1 aromatic carbocycles. The molecule has 0 saturated heterocycles. The molecule has 0 atom stereocenters. The highest BCUT2D eigenvalue weighted by Gasteiger charge is 2.11. The third-order valence-corrected chi connectivity index (χ3v) is 7.25. The maximum Gasteiger partial charge on any atom is 0.235 e. The summed E-state index contributed by atoms with van der Waals surface area (Å²) < 4.78 is 3.37. The van der Waals surface area contributed by atoms with E-state index in [4.69, 9.17) is 0 Å². The molecule has 1 N–H and O–H groups in total. The fourth-order valence-corrected chi connectivity index (χ4v) is 5.27. The largest absolute Gasteiger partial charge is 0.310 e. The quantitative estimate of drug-likeness (QED) is 0.518. The van der Waals surface area contributed by atoms with Gasteiger partial charge in [0.25, 0.3) is 0 Å². The lowest BCUT2D eigenvalue weighted by atomic mass is 10.0. The van der Waals surface area contributed by atoms with Crippen molar-refractivity contribution in [1.82, 2.24) is 20.0 Å². The summed E-state index contributed by atoms with van der Waals surface area (Å²) in [6, 6.07) is 10.6. The Balaban J connectivity index is 1.46. The van der Waals surface area contributed by atoms with Crippen LogP contribution in [-0.2, 0) is 17.6 Å². The van der Waals surface area contributed by atoms with Gasteiger partial charge in [0.15, 0.2) is 8.68 Å². The zero-order chi connectivity index (χ0) is 20.1. The number of nitrogens with zero attached hydrogens (tertiary/aromatic N) is 4. The summed E-state index contributed by atoms with van der Waals surface area (Å²) in [7, 11) is 1.81. The lowest BCUT2D eigenvalue weighted by Gasteiger charge is -2.06. The molecule has 0 aliphatic carbocycles. The number of rotatable bonds is 8. The SMILES string of the molecule is Cc1cc(NC(=O)CSc2nnc(SCc3ccc(C(C)C)cc3)s2)n(C)n1. The molecule has 2 heterocycles. The van der Waals surface area contributed by atoms with Crippen molar-refractivity contribution in [3.63, 3.8) is 0 Å². The number of nitrogens with one attached hydrogen (secondary N) is 1. The number of benzene rings is 1. The number of thioether (sulfide) groups is 2. The van der Waals surface area contributed by atoms with Gasteiger partial charge < -0.3 is 5.32 Å². The van der Waals surface area contributed by atoms with Gasteiger partial charge in [-0.15, -0.1) is 10.2 Å². The van der Waals surface area contributed by atoms with Crippen LogP contribution in [0.3, 0.4) is 0 Å². The second kappa shape index (κ2) is 9.58. The maximum atomic E-state index is 12.1. The van der Waals surface area contributed by atoms with Crippen LogP contribution in [-0.4, -0.2) is 31.6 Å². The molecule has 148 valence electrons. The fourth-order valence-electron chi connectivity index (χ4n) is 2.49. The minimum Gasteiger partial charge on any atom is -0.310 e. The highest BCUT2D eigenvalue weighted by atomic mass is 32.2. The van der Waals surface area contributed by atoms with E-state index in [0.717, 1.165) is 20.1 Å². The van der Waals surface area contributed by atoms with Gasteiger partial charge in [0, 0.05) is 18.9 Å². The molecule has 0 unspecified atom stereocenters. The lowest BCUT2D eigenvalue weighted by molar-refractivity contribution is -0.113. The first kappa shape index (κ1) is 20.9. The Morgan fingerprint density at radius 2 is 1.86 bits per heavy atom. The van der Waals surface area contributed by atoms with Crippen molar-refractivity contribution in [2.45, 2.75) is 41.1 Å². The van der Waals surface area contributed by atoms with Crippen LogP contribution in [0.5, 0.6) is 0 Å². The average Bonchev–Trinajstić information content (AvgIpc) is 3.24. The molecule has 0 spiro atoms. The summed E-state index contributed by atoms with van der Waals surface area (Å²) in [5.41, 5.74) is 3.49. The predicted molar refractivity (Wildman–Crippen MR) is 117 cm³/mol. The van der Waals surface area contributed by atoms with E-state index in [1.165, 1.54) is 34.2 Å². The minimum atomic E-state index is -0.0809. The van der Waals surface area contributed by atoms with E-state index < -0.39 is 0 Å². The van der Waals surface area contributed by atoms with E-state index >= 15 is 0 Å². The Morgan fingerprint density at radius 1 is 1.18 bits per heavy atom. The van der Waals surface area contributed by atoms with Crippen molar-refractivity contribution >= 4 is 46.6 Å². The van der Waals surface area contributed by atoms with E-state index in [-0.39, 0.29) is 5.91 Å². The molecule has 2 aromatic heterocycles. The number of anilines is 1. The van der Waals surface area contributed by atoms with Crippen molar-refractivity contribution in [3.8, 4) is 0 Å². The van der Waals surface area contributed by atoms with Crippen LogP contribution in [0.2, 0.25) is 0 Å². The van der Waals surface area contributed by atoms with E-state index in [1.54, 1.807) is 23.5 Å². The van der Waals surface area contributed by atoms with Crippen LogP contribution in [0, 0.1) is 6.92 Å². The number of amides is 1. The summed E-state index contributed by atoms with van der Waals surface area (Å²) >= 11 is 4.59. The smallest absolute Gasteiger partial charge is 0.235 e. The van der Waals surface area contributed by atoms with Crippen molar-refractivity contribution < 1.29 is 4.79 Å². The monoisotopic (exact) mass is 433 g/mol. The van der Waals surface area contributed by atoms with Gasteiger partial charge in [-0.1, -0.05) is 73.0 Å². The first-order valence-corrected chi connectivity index (χ1v) is 11.7. The van der Waals surface area contributed by atoms with Crippen molar-refractivity contribution in [3.05, 3.63) is 47.2 Å². The summed E-state index contributed by atoms with van der Waals surface area (Å²) in [6.07, 6.45) is 0. The van der Waals surface area contributed by atoms with Crippen LogP contribution in [0.1, 0.15) is 36.6 Å². The topological polar surface area (TPSA) is 72.7 Å². The van der Waals surface area contributed by atoms with E-state index in [2.05, 4.69) is 58.7 Å². The van der Waals surface area contributed by atoms with E-state index in [0.29, 0.717) is 17.5 Å². The summed E-state index contributed by atoms with van der Waals surface area (Å²) in [5.74, 6) is 2.31. The fraction of sp³-hybridized carbons (Fsp3) is 0.368. The van der Waals surface area contributed by atoms with Gasteiger partial charge in [-0.2, -0.15) is 5.10 Å². The number of aryl methyl sites for hydroxylation is 2. The summed E-state index contributed by atoms with van der Waals surface area (Å²) in [5, 5.41) is 15.5. The van der Waals surface area contributed by atoms with Crippen molar-refractivity contribution in [2.75, 3.05) is 11.1 Å². The maximum absolute atomic E-state index is 12.1. The Bertz CT molecular complexity index is 933. The third kappa shape index (κ3) is 5.83. The van der Waals surface area contributed by atoms with E-state index in [1.807, 2.05) is 13.0 Å². The standard InChI is InChI=1S/C19H23N5OS3/c1-12(2)15-7-5-14(6-8-15)10-26-18-21-22-19(28-18)27-11-17(25)20-16-9-13(3)23-24(16)4/h5-9,12H,10-11H2,1-4H3,(H,20,25). The molecule has 0 saturated carbocycles. The second-order valence-corrected chi connectivity index (χ2v) is 10.1. The molecule has 0 bridgehead atoms. The number of carbonyl (C=O) groups is 1. The summed E-state index contributed by atoms with van der Waals surface area (Å²) in [4.78, 5) is 12.1. The van der Waals surface area contributed by atoms with Crippen LogP contribution in [0.25, 0.3) is 0 Å². The molecule has 0 radical (unpaired) electrons. The van der Waals surface area contributed by atoms with E-state index in [9.17, 15) is 4.79 Å². The zero-order valence-electron chi connectivity index (χ0n) is 16.3. The lowest BCUT2D eigenvalue weighted by Crippen LogP contribution is -2.16. The van der Waals surface area contributed by atoms with Crippen LogP contribution in [0.4, 0.5) is 5.82 Å². The Morgan fingerprint density at radius 3 is 2.46 bits per heavy atom. The van der Waals surface area contributed by atoms with Crippen LogP contribution >= 0.6 is 34.9 Å². The minimum absolute atomic E-state index is 0.0809. The molecule has 0 aliphatic rings. The second-order valence-electron chi connectivity index (χ2n) is 6.65. The molecule has 3 aromatic rings. The highest BCUT2D eigenvalue weighted by Crippen LogP contribution is 2.31. The Kier molecular flexibility index (Phi) is 7.14. The third-order valence-electron chi connectivity index (χ3n) is 3.99. The molecular weight excluding hydrogens is 410 g/mol.